The predicted octanol–water partition coefficient (Wildman–Crippen LogP) is 4.26. The number of hydrogen-bond donors (Lipinski definition) is 1. The van der Waals surface area contributed by atoms with Gasteiger partial charge < -0.3 is 14.6 Å². The number of amides is 1. The van der Waals surface area contributed by atoms with Crippen molar-refractivity contribution in [2.24, 2.45) is 0 Å². The zero-order chi connectivity index (χ0) is 22.9. The number of methoxy groups -OCH3 is 1. The van der Waals surface area contributed by atoms with Crippen LogP contribution in [0, 0.1) is 13.8 Å². The number of rotatable bonds is 6. The van der Waals surface area contributed by atoms with Crippen molar-refractivity contribution >= 4 is 33.2 Å². The highest BCUT2D eigenvalue weighted by atomic mass is 35.5. The van der Waals surface area contributed by atoms with E-state index in [4.69, 9.17) is 16.3 Å². The van der Waals surface area contributed by atoms with Crippen LogP contribution < -0.4 is 10.1 Å². The second kappa shape index (κ2) is 8.74. The summed E-state index contributed by atoms with van der Waals surface area (Å²) in [5, 5.41) is 3.18. The van der Waals surface area contributed by atoms with Crippen molar-refractivity contribution in [3.63, 3.8) is 0 Å². The Morgan fingerprint density at radius 2 is 1.74 bits per heavy atom. The van der Waals surface area contributed by atoms with Crippen LogP contribution in [-0.2, 0) is 10.0 Å². The zero-order valence-electron chi connectivity index (χ0n) is 17.9. The Balaban J connectivity index is 2.02. The summed E-state index contributed by atoms with van der Waals surface area (Å²) in [4.78, 5) is 13.2. The monoisotopic (exact) mass is 461 g/mol. The molecule has 7 nitrogen and oxygen atoms in total. The molecule has 1 amide bonds. The lowest BCUT2D eigenvalue weighted by atomic mass is 10.1. The van der Waals surface area contributed by atoms with Gasteiger partial charge in [-0.25, -0.2) is 12.7 Å². The molecular weight excluding hydrogens is 438 g/mol. The summed E-state index contributed by atoms with van der Waals surface area (Å²) >= 11 is 6.43. The average molecular weight is 462 g/mol. The van der Waals surface area contributed by atoms with E-state index in [9.17, 15) is 13.2 Å². The fraction of sp³-hybridized carbons (Fsp3) is 0.227. The van der Waals surface area contributed by atoms with E-state index in [1.54, 1.807) is 19.1 Å². The van der Waals surface area contributed by atoms with Crippen LogP contribution in [0.1, 0.15) is 21.5 Å². The molecule has 0 saturated heterocycles. The third-order valence-electron chi connectivity index (χ3n) is 5.06. The van der Waals surface area contributed by atoms with E-state index >= 15 is 0 Å². The van der Waals surface area contributed by atoms with E-state index in [2.05, 4.69) is 5.32 Å². The molecule has 0 atom stereocenters. The first-order chi connectivity index (χ1) is 14.6. The molecule has 31 heavy (non-hydrogen) atoms. The standard InChI is InChI=1S/C22H24ClN3O4S/c1-14-10-16(31(28,29)25(3)4)11-19(15(14)2)24-22(27)17-12-18(23)20(13-21(17)30-5)26-8-6-7-9-26/h6-13H,1-5H3,(H,24,27). The number of benzene rings is 2. The Bertz CT molecular complexity index is 1240. The van der Waals surface area contributed by atoms with E-state index in [1.807, 2.05) is 36.0 Å². The van der Waals surface area contributed by atoms with Crippen LogP contribution in [0.25, 0.3) is 5.69 Å². The first kappa shape index (κ1) is 22.9. The number of aromatic nitrogens is 1. The van der Waals surface area contributed by atoms with Crippen molar-refractivity contribution < 1.29 is 17.9 Å². The van der Waals surface area contributed by atoms with Gasteiger partial charge >= 0.3 is 0 Å². The fourth-order valence-electron chi connectivity index (χ4n) is 3.09. The van der Waals surface area contributed by atoms with Gasteiger partial charge in [0, 0.05) is 38.2 Å². The molecule has 0 bridgehead atoms. The molecular formula is C22H24ClN3O4S. The molecule has 0 unspecified atom stereocenters. The smallest absolute Gasteiger partial charge is 0.259 e. The molecule has 3 rings (SSSR count). The molecule has 0 spiro atoms. The molecule has 0 aliphatic rings. The topological polar surface area (TPSA) is 80.6 Å². The first-order valence-electron chi connectivity index (χ1n) is 9.42. The fourth-order valence-corrected chi connectivity index (χ4v) is 4.36. The highest BCUT2D eigenvalue weighted by Crippen LogP contribution is 2.32. The Labute approximate surface area is 187 Å². The largest absolute Gasteiger partial charge is 0.496 e. The minimum atomic E-state index is -3.66. The maximum absolute atomic E-state index is 13.1. The minimum Gasteiger partial charge on any atom is -0.496 e. The van der Waals surface area contributed by atoms with Gasteiger partial charge in [0.15, 0.2) is 0 Å². The van der Waals surface area contributed by atoms with Gasteiger partial charge in [-0.15, -0.1) is 0 Å². The molecule has 2 aromatic carbocycles. The van der Waals surface area contributed by atoms with Crippen molar-refractivity contribution in [2.75, 3.05) is 26.5 Å². The van der Waals surface area contributed by atoms with Crippen molar-refractivity contribution in [3.05, 3.63) is 70.5 Å². The Hall–Kier alpha value is -2.81. The summed E-state index contributed by atoms with van der Waals surface area (Å²) in [6, 6.07) is 9.99. The van der Waals surface area contributed by atoms with Crippen LogP contribution in [0.4, 0.5) is 5.69 Å². The Morgan fingerprint density at radius 1 is 1.10 bits per heavy atom. The minimum absolute atomic E-state index is 0.101. The van der Waals surface area contributed by atoms with E-state index < -0.39 is 15.9 Å². The molecule has 0 aliphatic heterocycles. The molecule has 0 radical (unpaired) electrons. The van der Waals surface area contributed by atoms with Gasteiger partial charge in [0.1, 0.15) is 5.75 Å². The average Bonchev–Trinajstić information content (AvgIpc) is 3.25. The lowest BCUT2D eigenvalue weighted by molar-refractivity contribution is 0.102. The Morgan fingerprint density at radius 3 is 2.32 bits per heavy atom. The number of hydrogen-bond acceptors (Lipinski definition) is 4. The maximum Gasteiger partial charge on any atom is 0.259 e. The molecule has 1 N–H and O–H groups in total. The first-order valence-corrected chi connectivity index (χ1v) is 11.2. The number of aryl methyl sites for hydroxylation is 1. The van der Waals surface area contributed by atoms with E-state index in [0.717, 1.165) is 15.4 Å². The predicted molar refractivity (Wildman–Crippen MR) is 122 cm³/mol. The van der Waals surface area contributed by atoms with Gasteiger partial charge in [0.25, 0.3) is 5.91 Å². The molecule has 0 saturated carbocycles. The lowest BCUT2D eigenvalue weighted by Gasteiger charge is -2.17. The zero-order valence-corrected chi connectivity index (χ0v) is 19.5. The number of carbonyl (C=O) groups is 1. The van der Waals surface area contributed by atoms with Crippen LogP contribution in [0.3, 0.4) is 0 Å². The number of ether oxygens (including phenoxy) is 1. The number of nitrogens with one attached hydrogen (secondary N) is 1. The van der Waals surface area contributed by atoms with E-state index in [1.165, 1.54) is 33.3 Å². The van der Waals surface area contributed by atoms with Crippen LogP contribution in [0.2, 0.25) is 5.02 Å². The lowest BCUT2D eigenvalue weighted by Crippen LogP contribution is -2.23. The third kappa shape index (κ3) is 4.46. The summed E-state index contributed by atoms with van der Waals surface area (Å²) in [5.74, 6) is -0.114. The molecule has 164 valence electrons. The number of sulfonamides is 1. The van der Waals surface area contributed by atoms with Gasteiger partial charge in [-0.05, 0) is 55.3 Å². The summed E-state index contributed by atoms with van der Waals surface area (Å²) < 4.78 is 33.5. The van der Waals surface area contributed by atoms with Crippen molar-refractivity contribution in [1.82, 2.24) is 8.87 Å². The summed E-state index contributed by atoms with van der Waals surface area (Å²) in [7, 11) is 0.736. The molecule has 1 aromatic heterocycles. The van der Waals surface area contributed by atoms with Crippen molar-refractivity contribution in [2.45, 2.75) is 18.7 Å². The van der Waals surface area contributed by atoms with Gasteiger partial charge in [-0.1, -0.05) is 11.6 Å². The van der Waals surface area contributed by atoms with Gasteiger partial charge in [0.2, 0.25) is 10.0 Å². The molecule has 0 aliphatic carbocycles. The van der Waals surface area contributed by atoms with Crippen LogP contribution in [0.5, 0.6) is 5.75 Å². The molecule has 0 fully saturated rings. The molecule has 9 heteroatoms. The summed E-state index contributed by atoms with van der Waals surface area (Å²) in [5.41, 5.74) is 2.82. The van der Waals surface area contributed by atoms with Gasteiger partial charge in [0.05, 0.1) is 28.3 Å². The van der Waals surface area contributed by atoms with Crippen LogP contribution >= 0.6 is 11.6 Å². The normalized spacial score (nSPS) is 11.6. The van der Waals surface area contributed by atoms with E-state index in [-0.39, 0.29) is 10.5 Å². The second-order valence-electron chi connectivity index (χ2n) is 7.25. The molecule has 3 aromatic rings. The number of halogens is 1. The number of nitrogens with zero attached hydrogens (tertiary/aromatic N) is 2. The third-order valence-corrected chi connectivity index (χ3v) is 7.16. The number of anilines is 1. The second-order valence-corrected chi connectivity index (χ2v) is 9.81. The van der Waals surface area contributed by atoms with Crippen molar-refractivity contribution in [1.29, 1.82) is 0 Å². The summed E-state index contributed by atoms with van der Waals surface area (Å²) in [6.07, 6.45) is 3.67. The van der Waals surface area contributed by atoms with Crippen molar-refractivity contribution in [3.8, 4) is 11.4 Å². The quantitative estimate of drug-likeness (QED) is 0.594. The highest BCUT2D eigenvalue weighted by Gasteiger charge is 2.22. The van der Waals surface area contributed by atoms with Crippen LogP contribution in [0.15, 0.2) is 53.7 Å². The van der Waals surface area contributed by atoms with E-state index in [0.29, 0.717) is 22.1 Å². The highest BCUT2D eigenvalue weighted by molar-refractivity contribution is 7.89. The summed E-state index contributed by atoms with van der Waals surface area (Å²) in [6.45, 7) is 3.61. The number of carbonyl (C=O) groups excluding carboxylic acids is 1. The van der Waals surface area contributed by atoms with Gasteiger partial charge in [-0.2, -0.15) is 0 Å². The Kier molecular flexibility index (Phi) is 6.45. The maximum atomic E-state index is 13.1. The van der Waals surface area contributed by atoms with Gasteiger partial charge in [-0.3, -0.25) is 4.79 Å². The van der Waals surface area contributed by atoms with Crippen LogP contribution in [-0.4, -0.2) is 44.4 Å². The molecule has 1 heterocycles. The SMILES string of the molecule is COc1cc(-n2cccc2)c(Cl)cc1C(=O)Nc1cc(S(=O)(=O)N(C)C)cc(C)c1C.